The molecule has 0 aliphatic heterocycles. The third-order valence-corrected chi connectivity index (χ3v) is 10.3. The molecule has 0 amide bonds. The van der Waals surface area contributed by atoms with Crippen molar-refractivity contribution in [3.63, 3.8) is 0 Å². The summed E-state index contributed by atoms with van der Waals surface area (Å²) in [6, 6.07) is 15.6. The first-order chi connectivity index (χ1) is 25.0. The maximum absolute atomic E-state index is 5.43. The van der Waals surface area contributed by atoms with Crippen molar-refractivity contribution in [1.82, 2.24) is 0 Å². The van der Waals surface area contributed by atoms with Gasteiger partial charge in [-0.05, 0) is 88.3 Å². The predicted octanol–water partition coefficient (Wildman–Crippen LogP) is 15.1. The molecule has 0 aliphatic carbocycles. The number of hydrogen-bond acceptors (Lipinski definition) is 4. The molecule has 0 spiro atoms. The van der Waals surface area contributed by atoms with Crippen LogP contribution in [0, 0.1) is 0 Å². The van der Waals surface area contributed by atoms with E-state index in [0.717, 1.165) is 50.1 Å². The van der Waals surface area contributed by atoms with Gasteiger partial charge in [-0.25, -0.2) is 0 Å². The van der Waals surface area contributed by atoms with Gasteiger partial charge < -0.3 is 9.80 Å². The predicted molar refractivity (Wildman–Crippen MR) is 233 cm³/mol. The molecule has 0 unspecified atom stereocenters. The van der Waals surface area contributed by atoms with E-state index in [1.54, 1.807) is 0 Å². The van der Waals surface area contributed by atoms with Crippen LogP contribution in [0.1, 0.15) is 181 Å². The minimum absolute atomic E-state index is 0. The number of nitrogens with zero attached hydrogens (tertiary/aromatic N) is 4. The average Bonchev–Trinajstić information content (AvgIpc) is 3.15. The third kappa shape index (κ3) is 20.2. The van der Waals surface area contributed by atoms with E-state index < -0.39 is 0 Å². The van der Waals surface area contributed by atoms with Crippen LogP contribution in [0.5, 0.6) is 0 Å². The van der Waals surface area contributed by atoms with Crippen LogP contribution in [0.25, 0.3) is 6.08 Å². The van der Waals surface area contributed by atoms with Gasteiger partial charge in [-0.2, -0.15) is 0 Å². The van der Waals surface area contributed by atoms with E-state index >= 15 is 0 Å². The molecule has 0 aliphatic rings. The van der Waals surface area contributed by atoms with Crippen molar-refractivity contribution in [2.45, 2.75) is 176 Å². The molecule has 0 fully saturated rings. The maximum Gasteiger partial charge on any atom is 0.0655 e. The van der Waals surface area contributed by atoms with E-state index in [0.29, 0.717) is 0 Å². The van der Waals surface area contributed by atoms with Gasteiger partial charge in [0.25, 0.3) is 0 Å². The smallest absolute Gasteiger partial charge is 0.0655 e. The molecule has 0 N–H and O–H groups in total. The van der Waals surface area contributed by atoms with Gasteiger partial charge in [0, 0.05) is 43.7 Å². The summed E-state index contributed by atoms with van der Waals surface area (Å²) in [5, 5.41) is 0. The maximum atomic E-state index is 5.43. The molecule has 0 saturated heterocycles. The van der Waals surface area contributed by atoms with Gasteiger partial charge in [0.15, 0.2) is 0 Å². The van der Waals surface area contributed by atoms with Crippen molar-refractivity contribution < 1.29 is 16.5 Å². The van der Waals surface area contributed by atoms with Crippen molar-refractivity contribution in [2.24, 2.45) is 9.98 Å². The zero-order valence-electron chi connectivity index (χ0n) is 34.8. The monoisotopic (exact) mass is 757 g/mol. The Morgan fingerprint density at radius 1 is 0.500 bits per heavy atom. The van der Waals surface area contributed by atoms with Gasteiger partial charge >= 0.3 is 0 Å². The van der Waals surface area contributed by atoms with Crippen LogP contribution in [0.2, 0.25) is 0 Å². The second-order valence-electron chi connectivity index (χ2n) is 14.8. The van der Waals surface area contributed by atoms with Crippen molar-refractivity contribution in [3.05, 3.63) is 54.1 Å². The molecule has 52 heavy (non-hydrogen) atoms. The van der Waals surface area contributed by atoms with Crippen LogP contribution in [-0.4, -0.2) is 38.6 Å². The summed E-state index contributed by atoms with van der Waals surface area (Å²) in [4.78, 5) is 15.4. The fraction of sp³-hybridized carbons (Fsp3) is 0.660. The second kappa shape index (κ2) is 31.0. The van der Waals surface area contributed by atoms with Crippen molar-refractivity contribution in [3.8, 4) is 0 Å². The van der Waals surface area contributed by atoms with Crippen molar-refractivity contribution in [2.75, 3.05) is 37.0 Å². The van der Waals surface area contributed by atoms with E-state index in [1.165, 1.54) is 144 Å². The quantitative estimate of drug-likeness (QED) is 0.0451. The molecule has 0 heterocycles. The molecule has 2 aromatic rings. The fourth-order valence-corrected chi connectivity index (χ4v) is 6.64. The summed E-state index contributed by atoms with van der Waals surface area (Å²) in [5.41, 5.74) is 8.19. The average molecular weight is 758 g/mol. The van der Waals surface area contributed by atoms with E-state index in [-0.39, 0.29) is 16.5 Å². The molecular formula is C47H78N4Ni. The van der Waals surface area contributed by atoms with Gasteiger partial charge in [-0.1, -0.05) is 148 Å². The van der Waals surface area contributed by atoms with Crippen molar-refractivity contribution in [1.29, 1.82) is 0 Å². The van der Waals surface area contributed by atoms with Gasteiger partial charge in [0.05, 0.1) is 34.2 Å². The molecule has 5 heteroatoms. The van der Waals surface area contributed by atoms with Crippen LogP contribution in [0.15, 0.2) is 58.5 Å². The van der Waals surface area contributed by atoms with Crippen LogP contribution >= 0.6 is 0 Å². The Balaban J connectivity index is 0.0000135. The number of allylic oxidation sites excluding steroid dienone is 1. The standard InChI is InChI=1S/C47H78N4.Ni/c1-8-13-16-19-21-22-23-24-25-26-28-31-41-34-36-42(37-35-41)48-44(32-29-18-15-10-3)45(33-30-27-20-17-14-9-2)49-43-38-39-46(50(6)11-4)47(40-43)51(7)12-5;/h28,31,34-40H,8-27,29-30,32-33H2,1-7H3;. The first-order valence-corrected chi connectivity index (χ1v) is 21.5. The zero-order chi connectivity index (χ0) is 36.9. The molecular weight excluding hydrogens is 679 g/mol. The number of anilines is 2. The number of benzene rings is 2. The number of rotatable bonds is 30. The first kappa shape index (κ1) is 47.6. The summed E-state index contributed by atoms with van der Waals surface area (Å²) in [7, 11) is 4.36. The Bertz CT molecular complexity index is 1250. The molecule has 0 atom stereocenters. The summed E-state index contributed by atoms with van der Waals surface area (Å²) in [5.74, 6) is 0. The second-order valence-corrected chi connectivity index (χ2v) is 14.8. The molecule has 296 valence electrons. The summed E-state index contributed by atoms with van der Waals surface area (Å²) < 4.78 is 0. The van der Waals surface area contributed by atoms with E-state index in [1.807, 2.05) is 0 Å². The number of hydrogen-bond donors (Lipinski definition) is 0. The van der Waals surface area contributed by atoms with Gasteiger partial charge in [-0.3, -0.25) is 9.98 Å². The minimum Gasteiger partial charge on any atom is -0.373 e. The van der Waals surface area contributed by atoms with E-state index in [4.69, 9.17) is 9.98 Å². The SMILES string of the molecule is CCCCCCCCCCCC=Cc1ccc(N=C(CCCCCC)C(CCCCCCCC)=Nc2ccc(N(C)CC)c(N(C)CC)c2)cc1.[Ni]. The zero-order valence-corrected chi connectivity index (χ0v) is 35.8. The molecule has 2 aromatic carbocycles. The van der Waals surface area contributed by atoms with Gasteiger partial charge in [0.2, 0.25) is 0 Å². The molecule has 0 saturated carbocycles. The van der Waals surface area contributed by atoms with E-state index in [9.17, 15) is 0 Å². The Kier molecular flexibility index (Phi) is 28.4. The Hall–Kier alpha value is -2.39. The summed E-state index contributed by atoms with van der Waals surface area (Å²) in [6.07, 6.45) is 32.8. The Morgan fingerprint density at radius 3 is 1.44 bits per heavy atom. The van der Waals surface area contributed by atoms with Crippen molar-refractivity contribution >= 4 is 40.2 Å². The van der Waals surface area contributed by atoms with Crippen LogP contribution < -0.4 is 9.80 Å². The third-order valence-electron chi connectivity index (χ3n) is 10.3. The molecule has 4 nitrogen and oxygen atoms in total. The van der Waals surface area contributed by atoms with Gasteiger partial charge in [-0.15, -0.1) is 0 Å². The topological polar surface area (TPSA) is 31.2 Å². The van der Waals surface area contributed by atoms with Crippen LogP contribution in [-0.2, 0) is 16.5 Å². The molecule has 0 bridgehead atoms. The number of aliphatic imine (C=N–C) groups is 2. The molecule has 0 radical (unpaired) electrons. The van der Waals surface area contributed by atoms with Gasteiger partial charge in [0.1, 0.15) is 0 Å². The first-order valence-electron chi connectivity index (χ1n) is 21.5. The summed E-state index contributed by atoms with van der Waals surface area (Å²) in [6.45, 7) is 13.2. The summed E-state index contributed by atoms with van der Waals surface area (Å²) >= 11 is 0. The molecule has 0 aromatic heterocycles. The normalized spacial score (nSPS) is 12.1. The van der Waals surface area contributed by atoms with Crippen LogP contribution in [0.3, 0.4) is 0 Å². The molecule has 2 rings (SSSR count). The minimum atomic E-state index is 0. The largest absolute Gasteiger partial charge is 0.373 e. The Morgan fingerprint density at radius 2 is 0.923 bits per heavy atom. The van der Waals surface area contributed by atoms with E-state index in [2.05, 4.69) is 113 Å². The fourth-order valence-electron chi connectivity index (χ4n) is 6.64. The number of unbranched alkanes of at least 4 members (excludes halogenated alkanes) is 17. The van der Waals surface area contributed by atoms with Crippen LogP contribution in [0.4, 0.5) is 22.7 Å². The Labute approximate surface area is 332 Å².